The van der Waals surface area contributed by atoms with Crippen LogP contribution in [0.2, 0.25) is 0 Å². The Labute approximate surface area is 178 Å². The number of halogens is 1. The molecule has 0 aliphatic carbocycles. The van der Waals surface area contributed by atoms with E-state index in [4.69, 9.17) is 9.47 Å². The molecule has 0 atom stereocenters. The van der Waals surface area contributed by atoms with Crippen LogP contribution in [0, 0.1) is 15.9 Å². The Balaban J connectivity index is 1.85. The molecule has 7 heteroatoms. The molecule has 0 bridgehead atoms. The Kier molecular flexibility index (Phi) is 6.90. The van der Waals surface area contributed by atoms with E-state index in [0.717, 1.165) is 5.56 Å². The first-order valence-electron chi connectivity index (χ1n) is 9.22. The molecule has 0 heterocycles. The topological polar surface area (TPSA) is 78.7 Å². The van der Waals surface area contributed by atoms with Crippen molar-refractivity contribution in [2.45, 2.75) is 0 Å². The zero-order valence-electron chi connectivity index (χ0n) is 16.5. The average molecular weight is 419 g/mol. The van der Waals surface area contributed by atoms with Gasteiger partial charge >= 0.3 is 5.97 Å². The summed E-state index contributed by atoms with van der Waals surface area (Å²) in [6, 6.07) is 18.5. The fourth-order valence-corrected chi connectivity index (χ4v) is 2.87. The van der Waals surface area contributed by atoms with E-state index in [2.05, 4.69) is 0 Å². The number of esters is 1. The number of nitrogens with zero attached hydrogens (tertiary/aromatic N) is 1. The molecule has 0 aliphatic rings. The lowest BCUT2D eigenvalue weighted by atomic mass is 9.96. The predicted molar refractivity (Wildman–Crippen MR) is 114 cm³/mol. The van der Waals surface area contributed by atoms with E-state index in [-0.39, 0.29) is 17.3 Å². The van der Waals surface area contributed by atoms with Crippen LogP contribution in [0.5, 0.6) is 11.5 Å². The van der Waals surface area contributed by atoms with Gasteiger partial charge in [-0.15, -0.1) is 0 Å². The molecule has 0 aliphatic heterocycles. The van der Waals surface area contributed by atoms with Gasteiger partial charge in [0.25, 0.3) is 5.69 Å². The normalized spacial score (nSPS) is 11.4. The van der Waals surface area contributed by atoms with Gasteiger partial charge in [0.15, 0.2) is 0 Å². The smallest absolute Gasteiger partial charge is 0.336 e. The highest BCUT2D eigenvalue weighted by molar-refractivity contribution is 5.87. The number of benzene rings is 3. The second-order valence-corrected chi connectivity index (χ2v) is 6.32. The number of non-ortho nitro benzene ring substituents is 1. The number of allylic oxidation sites excluding steroid dienone is 2. The van der Waals surface area contributed by atoms with Crippen molar-refractivity contribution in [1.29, 1.82) is 0 Å². The molecule has 0 aromatic heterocycles. The number of carbonyl (C=O) groups is 1. The summed E-state index contributed by atoms with van der Waals surface area (Å²) < 4.78 is 24.4. The molecule has 0 amide bonds. The number of rotatable bonds is 7. The minimum Gasteiger partial charge on any atom is -0.496 e. The zero-order chi connectivity index (χ0) is 22.2. The van der Waals surface area contributed by atoms with Crippen molar-refractivity contribution in [3.8, 4) is 11.5 Å². The molecule has 156 valence electrons. The van der Waals surface area contributed by atoms with Crippen molar-refractivity contribution in [3.63, 3.8) is 0 Å². The first kappa shape index (κ1) is 21.4. The van der Waals surface area contributed by atoms with Crippen LogP contribution in [0.1, 0.15) is 11.1 Å². The van der Waals surface area contributed by atoms with Crippen LogP contribution in [0.3, 0.4) is 0 Å². The van der Waals surface area contributed by atoms with Gasteiger partial charge in [0.1, 0.15) is 17.3 Å². The summed E-state index contributed by atoms with van der Waals surface area (Å²) in [5.74, 6) is -0.275. The van der Waals surface area contributed by atoms with Crippen molar-refractivity contribution in [1.82, 2.24) is 0 Å². The van der Waals surface area contributed by atoms with Gasteiger partial charge in [-0.3, -0.25) is 10.1 Å². The number of para-hydroxylation sites is 1. The maximum absolute atomic E-state index is 13.8. The maximum Gasteiger partial charge on any atom is 0.336 e. The lowest BCUT2D eigenvalue weighted by Crippen LogP contribution is -2.03. The molecule has 0 saturated carbocycles. The monoisotopic (exact) mass is 419 g/mol. The summed E-state index contributed by atoms with van der Waals surface area (Å²) in [5.41, 5.74) is 1.88. The number of nitro groups is 1. The molecule has 31 heavy (non-hydrogen) atoms. The quantitative estimate of drug-likeness (QED) is 0.129. The number of ether oxygens (including phenoxy) is 2. The van der Waals surface area contributed by atoms with Crippen molar-refractivity contribution in [2.75, 3.05) is 7.11 Å². The molecule has 6 nitrogen and oxygen atoms in total. The van der Waals surface area contributed by atoms with Crippen molar-refractivity contribution in [3.05, 3.63) is 118 Å². The third kappa shape index (κ3) is 5.63. The van der Waals surface area contributed by atoms with Gasteiger partial charge < -0.3 is 9.47 Å². The molecule has 3 aromatic rings. The van der Waals surface area contributed by atoms with E-state index in [0.29, 0.717) is 16.9 Å². The van der Waals surface area contributed by atoms with Crippen LogP contribution >= 0.6 is 0 Å². The van der Waals surface area contributed by atoms with Gasteiger partial charge in [-0.25, -0.2) is 9.18 Å². The Morgan fingerprint density at radius 1 is 1.03 bits per heavy atom. The van der Waals surface area contributed by atoms with E-state index in [1.54, 1.807) is 31.4 Å². The Hall–Kier alpha value is -4.26. The van der Waals surface area contributed by atoms with E-state index in [9.17, 15) is 19.3 Å². The van der Waals surface area contributed by atoms with Gasteiger partial charge in [0.05, 0.1) is 12.0 Å². The van der Waals surface area contributed by atoms with E-state index in [1.165, 1.54) is 48.6 Å². The number of hydrogen-bond donors (Lipinski definition) is 0. The first-order valence-corrected chi connectivity index (χ1v) is 9.22. The highest BCUT2D eigenvalue weighted by Gasteiger charge is 2.11. The van der Waals surface area contributed by atoms with Crippen LogP contribution in [0.4, 0.5) is 10.1 Å². The van der Waals surface area contributed by atoms with Crippen LogP contribution in [0.15, 0.2) is 91.0 Å². The molecule has 0 radical (unpaired) electrons. The fraction of sp³-hybridized carbons (Fsp3) is 0.0417. The number of methoxy groups -OCH3 is 1. The highest BCUT2D eigenvalue weighted by atomic mass is 19.1. The van der Waals surface area contributed by atoms with Crippen molar-refractivity contribution in [2.24, 2.45) is 0 Å². The largest absolute Gasteiger partial charge is 0.496 e. The van der Waals surface area contributed by atoms with Crippen molar-refractivity contribution >= 4 is 17.2 Å². The van der Waals surface area contributed by atoms with Gasteiger partial charge in [0.2, 0.25) is 0 Å². The molecule has 0 spiro atoms. The average Bonchev–Trinajstić information content (AvgIpc) is 2.77. The molecular weight excluding hydrogens is 401 g/mol. The van der Waals surface area contributed by atoms with Crippen LogP contribution in [0.25, 0.3) is 5.57 Å². The molecular formula is C24H18FNO5. The van der Waals surface area contributed by atoms with Gasteiger partial charge in [-0.1, -0.05) is 42.5 Å². The Morgan fingerprint density at radius 2 is 1.77 bits per heavy atom. The lowest BCUT2D eigenvalue weighted by Gasteiger charge is -2.12. The van der Waals surface area contributed by atoms with Crippen LogP contribution < -0.4 is 9.47 Å². The number of carbonyl (C=O) groups excluding carboxylic acids is 1. The fourth-order valence-electron chi connectivity index (χ4n) is 2.87. The third-order valence-corrected chi connectivity index (χ3v) is 4.29. The number of hydrogen-bond acceptors (Lipinski definition) is 5. The predicted octanol–water partition coefficient (Wildman–Crippen LogP) is 5.34. The highest BCUT2D eigenvalue weighted by Crippen LogP contribution is 2.31. The van der Waals surface area contributed by atoms with Gasteiger partial charge in [-0.2, -0.15) is 0 Å². The SMILES string of the molecule is COc1ccccc1/C(=C/C=C/C(=O)Oc1ccc([N+](=O)[O-])cc1)c1cccc(F)c1. The minimum atomic E-state index is -0.663. The Bertz CT molecular complexity index is 1150. The maximum atomic E-state index is 13.8. The zero-order valence-corrected chi connectivity index (χ0v) is 16.5. The van der Waals surface area contributed by atoms with Gasteiger partial charge in [-0.05, 0) is 41.5 Å². The first-order chi connectivity index (χ1) is 15.0. The number of nitro benzene ring substituents is 1. The summed E-state index contributed by atoms with van der Waals surface area (Å²) in [6.45, 7) is 0. The summed E-state index contributed by atoms with van der Waals surface area (Å²) in [7, 11) is 1.54. The molecule has 3 aromatic carbocycles. The summed E-state index contributed by atoms with van der Waals surface area (Å²) in [6.07, 6.45) is 4.35. The van der Waals surface area contributed by atoms with Crippen LogP contribution in [-0.4, -0.2) is 18.0 Å². The van der Waals surface area contributed by atoms with E-state index in [1.807, 2.05) is 18.2 Å². The minimum absolute atomic E-state index is 0.102. The summed E-state index contributed by atoms with van der Waals surface area (Å²) >= 11 is 0. The second-order valence-electron chi connectivity index (χ2n) is 6.32. The van der Waals surface area contributed by atoms with E-state index < -0.39 is 10.9 Å². The molecule has 0 fully saturated rings. The Morgan fingerprint density at radius 3 is 2.45 bits per heavy atom. The standard InChI is InChI=1S/C24H18FNO5/c1-30-23-10-3-2-8-22(23)21(17-6-4-7-18(25)16-17)9-5-11-24(27)31-20-14-12-19(13-15-20)26(28)29/h2-16H,1H3/b11-5+,21-9+. The summed E-state index contributed by atoms with van der Waals surface area (Å²) in [5, 5.41) is 10.7. The summed E-state index contributed by atoms with van der Waals surface area (Å²) in [4.78, 5) is 22.3. The molecule has 0 unspecified atom stereocenters. The second kappa shape index (κ2) is 9.98. The van der Waals surface area contributed by atoms with Crippen LogP contribution in [-0.2, 0) is 4.79 Å². The molecule has 0 N–H and O–H groups in total. The van der Waals surface area contributed by atoms with Crippen molar-refractivity contribution < 1.29 is 23.6 Å². The molecule has 0 saturated heterocycles. The third-order valence-electron chi connectivity index (χ3n) is 4.29. The van der Waals surface area contributed by atoms with Gasteiger partial charge in [0, 0.05) is 23.8 Å². The lowest BCUT2D eigenvalue weighted by molar-refractivity contribution is -0.384. The van der Waals surface area contributed by atoms with E-state index >= 15 is 0 Å². The molecule has 3 rings (SSSR count).